The van der Waals surface area contributed by atoms with Crippen molar-refractivity contribution in [2.24, 2.45) is 0 Å². The second kappa shape index (κ2) is 5.59. The van der Waals surface area contributed by atoms with Gasteiger partial charge in [-0.15, -0.1) is 10.2 Å². The lowest BCUT2D eigenvalue weighted by atomic mass is 10.2. The molecule has 0 aliphatic rings. The largest absolute Gasteiger partial charge is 0.441 e. The number of hydrogen-bond donors (Lipinski definition) is 0. The molecule has 0 radical (unpaired) electrons. The van der Waals surface area contributed by atoms with Crippen LogP contribution in [0.3, 0.4) is 0 Å². The lowest BCUT2D eigenvalue weighted by molar-refractivity contribution is 0.561. The molecule has 0 spiro atoms. The molecule has 0 saturated heterocycles. The second-order valence-electron chi connectivity index (χ2n) is 5.37. The molecule has 4 aromatic rings. The first-order valence-corrected chi connectivity index (χ1v) is 7.36. The Morgan fingerprint density at radius 1 is 1.04 bits per heavy atom. The van der Waals surface area contributed by atoms with E-state index >= 15 is 0 Å². The van der Waals surface area contributed by atoms with Crippen LogP contribution >= 0.6 is 0 Å². The van der Waals surface area contributed by atoms with E-state index in [-0.39, 0.29) is 0 Å². The monoisotopic (exact) mass is 326 g/mol. The van der Waals surface area contributed by atoms with Crippen LogP contribution in [0.4, 0.5) is 11.4 Å². The minimum absolute atomic E-state index is 0.394. The van der Waals surface area contributed by atoms with E-state index < -0.39 is 0 Å². The van der Waals surface area contributed by atoms with E-state index in [1.807, 2.05) is 18.2 Å². The van der Waals surface area contributed by atoms with E-state index in [4.69, 9.17) is 17.6 Å². The van der Waals surface area contributed by atoms with Crippen molar-refractivity contribution in [1.29, 1.82) is 0 Å². The van der Waals surface area contributed by atoms with Gasteiger partial charge in [-0.05, 0) is 30.3 Å². The van der Waals surface area contributed by atoms with E-state index in [1.165, 1.54) is 0 Å². The number of fused-ring (bicyclic) bond motifs is 1. The molecule has 0 N–H and O–H groups in total. The van der Waals surface area contributed by atoms with Crippen LogP contribution in [0.1, 0.15) is 5.89 Å². The highest BCUT2D eigenvalue weighted by atomic mass is 16.3. The average Bonchev–Trinajstić information content (AvgIpc) is 3.25. The molecule has 0 bridgehead atoms. The summed E-state index contributed by atoms with van der Waals surface area (Å²) in [5.41, 5.74) is 3.71. The summed E-state index contributed by atoms with van der Waals surface area (Å²) in [7, 11) is 0. The third kappa shape index (κ3) is 2.50. The van der Waals surface area contributed by atoms with Crippen LogP contribution in [-0.2, 0) is 0 Å². The summed E-state index contributed by atoms with van der Waals surface area (Å²) in [5, 5.41) is 8.17. The van der Waals surface area contributed by atoms with Gasteiger partial charge >= 0.3 is 0 Å². The number of oxazole rings is 1. The fourth-order valence-corrected chi connectivity index (χ4v) is 2.65. The van der Waals surface area contributed by atoms with Crippen molar-refractivity contribution >= 4 is 22.5 Å². The maximum absolute atomic E-state index is 7.21. The number of rotatable bonds is 2. The van der Waals surface area contributed by atoms with E-state index in [9.17, 15) is 0 Å². The first-order valence-electron chi connectivity index (χ1n) is 7.36. The van der Waals surface area contributed by atoms with Crippen LogP contribution in [-0.4, -0.2) is 19.7 Å². The van der Waals surface area contributed by atoms with Gasteiger partial charge in [-0.2, -0.15) is 0 Å². The van der Waals surface area contributed by atoms with Crippen LogP contribution in [0.5, 0.6) is 0 Å². The zero-order chi connectivity index (χ0) is 17.4. The van der Waals surface area contributed by atoms with Crippen LogP contribution in [0.15, 0.2) is 47.1 Å². The van der Waals surface area contributed by atoms with Gasteiger partial charge in [-0.3, -0.25) is 4.57 Å². The van der Waals surface area contributed by atoms with Crippen molar-refractivity contribution < 1.29 is 4.42 Å². The molecular weight excluding hydrogens is 316 g/mol. The number of hydrogen-bond acceptors (Lipinski definition) is 4. The predicted octanol–water partition coefficient (Wildman–Crippen LogP) is 4.49. The van der Waals surface area contributed by atoms with Crippen molar-refractivity contribution in [3.05, 3.63) is 71.5 Å². The van der Waals surface area contributed by atoms with Gasteiger partial charge < -0.3 is 4.42 Å². The van der Waals surface area contributed by atoms with E-state index in [1.54, 1.807) is 36.0 Å². The second-order valence-corrected chi connectivity index (χ2v) is 5.37. The zero-order valence-corrected chi connectivity index (χ0v) is 13.1. The first-order chi connectivity index (χ1) is 12.2. The van der Waals surface area contributed by atoms with Gasteiger partial charge in [0.05, 0.1) is 13.1 Å². The number of aromatic nitrogens is 4. The van der Waals surface area contributed by atoms with Crippen LogP contribution in [0.25, 0.3) is 37.9 Å². The van der Waals surface area contributed by atoms with Gasteiger partial charge in [0, 0.05) is 18.2 Å². The maximum Gasteiger partial charge on any atom is 0.192 e. The standard InChI is InChI=1S/C18H10N6O/c1-11-22-16-6-12(4-5-17(16)25-11)18-23-21-10-24(18)15-8-13(19-2)7-14(9-15)20-3/h4-10H,1H3. The fraction of sp³-hybridized carbons (Fsp3) is 0.0556. The smallest absolute Gasteiger partial charge is 0.192 e. The van der Waals surface area contributed by atoms with Gasteiger partial charge in [0.2, 0.25) is 0 Å². The molecule has 7 heteroatoms. The van der Waals surface area contributed by atoms with Gasteiger partial charge in [0.15, 0.2) is 28.7 Å². The summed E-state index contributed by atoms with van der Waals surface area (Å²) in [4.78, 5) is 11.2. The topological polar surface area (TPSA) is 65.5 Å². The third-order valence-corrected chi connectivity index (χ3v) is 3.72. The molecule has 0 atom stereocenters. The Kier molecular flexibility index (Phi) is 3.27. The van der Waals surface area contributed by atoms with Crippen molar-refractivity contribution in [3.63, 3.8) is 0 Å². The van der Waals surface area contributed by atoms with Crippen molar-refractivity contribution in [2.75, 3.05) is 0 Å². The summed E-state index contributed by atoms with van der Waals surface area (Å²) in [6.45, 7) is 16.2. The molecule has 118 valence electrons. The summed E-state index contributed by atoms with van der Waals surface area (Å²) in [6.07, 6.45) is 1.56. The fourth-order valence-electron chi connectivity index (χ4n) is 2.65. The summed E-state index contributed by atoms with van der Waals surface area (Å²) < 4.78 is 7.24. The SMILES string of the molecule is [C-]#[N+]c1cc([N+]#[C-])cc(-n2cnnc2-c2ccc3oc(C)nc3c2)c1. The Hall–Kier alpha value is -3.97. The molecule has 0 aliphatic heterocycles. The molecule has 0 saturated carbocycles. The Morgan fingerprint density at radius 2 is 1.80 bits per heavy atom. The molecule has 0 unspecified atom stereocenters. The normalized spacial score (nSPS) is 10.5. The highest BCUT2D eigenvalue weighted by molar-refractivity contribution is 5.79. The van der Waals surface area contributed by atoms with Crippen molar-refractivity contribution in [2.45, 2.75) is 6.92 Å². The highest BCUT2D eigenvalue weighted by Gasteiger charge is 2.13. The van der Waals surface area contributed by atoms with Crippen LogP contribution in [0, 0.1) is 20.1 Å². The molecular formula is C18H10N6O. The van der Waals surface area contributed by atoms with E-state index in [0.29, 0.717) is 34.4 Å². The lowest BCUT2D eigenvalue weighted by Crippen LogP contribution is -1.96. The van der Waals surface area contributed by atoms with Gasteiger partial charge in [-0.1, -0.05) is 6.07 Å². The lowest BCUT2D eigenvalue weighted by Gasteiger charge is -2.08. The first kappa shape index (κ1) is 14.6. The highest BCUT2D eigenvalue weighted by Crippen LogP contribution is 2.29. The molecule has 2 aromatic heterocycles. The Labute approximate surface area is 142 Å². The Bertz CT molecular complexity index is 1160. The molecule has 2 aromatic carbocycles. The molecule has 0 amide bonds. The summed E-state index contributed by atoms with van der Waals surface area (Å²) in [6, 6.07) is 10.5. The number of aryl methyl sites for hydroxylation is 1. The molecule has 0 aliphatic carbocycles. The maximum atomic E-state index is 7.21. The minimum atomic E-state index is 0.394. The Balaban J connectivity index is 1.88. The summed E-state index contributed by atoms with van der Waals surface area (Å²) in [5.74, 6) is 1.20. The Morgan fingerprint density at radius 3 is 2.52 bits per heavy atom. The van der Waals surface area contributed by atoms with E-state index in [0.717, 1.165) is 11.1 Å². The van der Waals surface area contributed by atoms with Crippen molar-refractivity contribution in [1.82, 2.24) is 19.7 Å². The number of benzene rings is 2. The third-order valence-electron chi connectivity index (χ3n) is 3.72. The van der Waals surface area contributed by atoms with E-state index in [2.05, 4.69) is 24.9 Å². The predicted molar refractivity (Wildman–Crippen MR) is 91.6 cm³/mol. The zero-order valence-electron chi connectivity index (χ0n) is 13.1. The van der Waals surface area contributed by atoms with Gasteiger partial charge in [-0.25, -0.2) is 14.7 Å². The summed E-state index contributed by atoms with van der Waals surface area (Å²) >= 11 is 0. The molecule has 7 nitrogen and oxygen atoms in total. The van der Waals surface area contributed by atoms with Crippen molar-refractivity contribution in [3.8, 4) is 17.1 Å². The average molecular weight is 326 g/mol. The molecule has 2 heterocycles. The quantitative estimate of drug-likeness (QED) is 0.509. The van der Waals surface area contributed by atoms with Gasteiger partial charge in [0.25, 0.3) is 0 Å². The molecule has 4 rings (SSSR count). The molecule has 0 fully saturated rings. The van der Waals surface area contributed by atoms with Crippen LogP contribution < -0.4 is 0 Å². The van der Waals surface area contributed by atoms with Crippen LogP contribution in [0.2, 0.25) is 0 Å². The number of nitrogens with zero attached hydrogens (tertiary/aromatic N) is 6. The van der Waals surface area contributed by atoms with Gasteiger partial charge in [0.1, 0.15) is 11.8 Å². The molecule has 25 heavy (non-hydrogen) atoms. The minimum Gasteiger partial charge on any atom is -0.441 e.